The minimum Gasteiger partial charge on any atom is -0.444 e. The number of halogens is 1. The van der Waals surface area contributed by atoms with E-state index in [0.717, 1.165) is 61.9 Å². The zero-order valence-electron chi connectivity index (χ0n) is 19.4. The summed E-state index contributed by atoms with van der Waals surface area (Å²) in [5, 5.41) is 7.15. The molecule has 7 heteroatoms. The Kier molecular flexibility index (Phi) is 10.9. The van der Waals surface area contributed by atoms with Crippen LogP contribution in [0.1, 0.15) is 76.1 Å². The van der Waals surface area contributed by atoms with Crippen molar-refractivity contribution in [3.8, 4) is 0 Å². The number of aromatic nitrogens is 1. The molecule has 0 bridgehead atoms. The maximum Gasteiger partial charge on any atom is 0.208 e. The highest BCUT2D eigenvalue weighted by Gasteiger charge is 2.22. The van der Waals surface area contributed by atoms with Crippen LogP contribution in [0.25, 0.3) is 0 Å². The third-order valence-electron chi connectivity index (χ3n) is 6.76. The lowest BCUT2D eigenvalue weighted by Crippen LogP contribution is -2.45. The number of nitrogens with one attached hydrogen (secondary N) is 2. The number of nitrogens with zero attached hydrogens (tertiary/aromatic N) is 3. The Bertz CT molecular complexity index is 627. The van der Waals surface area contributed by atoms with Gasteiger partial charge in [-0.2, -0.15) is 0 Å². The van der Waals surface area contributed by atoms with Crippen molar-refractivity contribution < 1.29 is 4.42 Å². The number of oxazole rings is 1. The molecule has 1 aliphatic heterocycles. The van der Waals surface area contributed by atoms with Crippen molar-refractivity contribution in [2.75, 3.05) is 26.2 Å². The van der Waals surface area contributed by atoms with Gasteiger partial charge in [0.05, 0.1) is 12.2 Å². The van der Waals surface area contributed by atoms with Crippen molar-refractivity contribution in [1.29, 1.82) is 0 Å². The number of likely N-dealkylation sites (tertiary alicyclic amines) is 1. The summed E-state index contributed by atoms with van der Waals surface area (Å²) in [6, 6.07) is 0.588. The molecular weight excluding hydrogens is 489 g/mol. The molecule has 1 saturated heterocycles. The third kappa shape index (κ3) is 7.70. The van der Waals surface area contributed by atoms with Gasteiger partial charge in [-0.1, -0.05) is 13.3 Å². The van der Waals surface area contributed by atoms with E-state index < -0.39 is 0 Å². The van der Waals surface area contributed by atoms with E-state index in [-0.39, 0.29) is 24.0 Å². The van der Waals surface area contributed by atoms with Gasteiger partial charge in [-0.05, 0) is 84.2 Å². The summed E-state index contributed by atoms with van der Waals surface area (Å²) in [6.07, 6.45) is 8.99. The van der Waals surface area contributed by atoms with Gasteiger partial charge < -0.3 is 15.1 Å². The Morgan fingerprint density at radius 1 is 1.07 bits per heavy atom. The molecule has 2 fully saturated rings. The van der Waals surface area contributed by atoms with Crippen LogP contribution in [0.5, 0.6) is 0 Å². The van der Waals surface area contributed by atoms with Crippen LogP contribution in [0, 0.1) is 25.7 Å². The normalized spacial score (nSPS) is 23.8. The summed E-state index contributed by atoms with van der Waals surface area (Å²) in [5.41, 5.74) is 1.01. The molecule has 1 aliphatic carbocycles. The van der Waals surface area contributed by atoms with Crippen LogP contribution in [0.3, 0.4) is 0 Å². The van der Waals surface area contributed by atoms with Gasteiger partial charge in [-0.25, -0.2) is 4.98 Å². The zero-order chi connectivity index (χ0) is 20.6. The fraction of sp³-hybridized carbons (Fsp3) is 0.826. The Morgan fingerprint density at radius 2 is 1.77 bits per heavy atom. The highest BCUT2D eigenvalue weighted by molar-refractivity contribution is 14.0. The predicted molar refractivity (Wildman–Crippen MR) is 135 cm³/mol. The second-order valence-corrected chi connectivity index (χ2v) is 8.96. The van der Waals surface area contributed by atoms with Gasteiger partial charge in [0.15, 0.2) is 5.96 Å². The van der Waals surface area contributed by atoms with Crippen LogP contribution in [-0.2, 0) is 6.54 Å². The van der Waals surface area contributed by atoms with Crippen LogP contribution in [0.15, 0.2) is 9.41 Å². The first kappa shape index (κ1) is 25.4. The highest BCUT2D eigenvalue weighted by Crippen LogP contribution is 2.26. The summed E-state index contributed by atoms with van der Waals surface area (Å²) in [7, 11) is 0. The maximum atomic E-state index is 5.74. The van der Waals surface area contributed by atoms with Gasteiger partial charge >= 0.3 is 0 Å². The molecule has 0 unspecified atom stereocenters. The quantitative estimate of drug-likeness (QED) is 0.305. The molecule has 0 amide bonds. The molecule has 30 heavy (non-hydrogen) atoms. The molecule has 1 aromatic rings. The molecule has 0 atom stereocenters. The van der Waals surface area contributed by atoms with Crippen LogP contribution < -0.4 is 10.6 Å². The second kappa shape index (κ2) is 12.9. The summed E-state index contributed by atoms with van der Waals surface area (Å²) < 4.78 is 5.74. The molecule has 0 spiro atoms. The number of guanidine groups is 1. The Morgan fingerprint density at radius 3 is 2.33 bits per heavy atom. The number of hydrogen-bond donors (Lipinski definition) is 2. The molecule has 2 aliphatic rings. The van der Waals surface area contributed by atoms with Gasteiger partial charge in [0.2, 0.25) is 5.89 Å². The molecule has 1 saturated carbocycles. The molecule has 1 aromatic heterocycles. The van der Waals surface area contributed by atoms with Gasteiger partial charge in [0, 0.05) is 19.1 Å². The van der Waals surface area contributed by atoms with Crippen LogP contribution in [-0.4, -0.2) is 48.1 Å². The summed E-state index contributed by atoms with van der Waals surface area (Å²) in [6.45, 7) is 13.3. The van der Waals surface area contributed by atoms with Gasteiger partial charge in [0.1, 0.15) is 5.76 Å². The van der Waals surface area contributed by atoms with Crippen molar-refractivity contribution in [3.05, 3.63) is 17.3 Å². The molecule has 6 nitrogen and oxygen atoms in total. The lowest BCUT2D eigenvalue weighted by atomic mass is 9.84. The SMILES string of the molecule is CCNC(=NCC1CCN(Cc2nc(C)c(C)o2)CC1)NC1CCC(CC)CC1.I. The largest absolute Gasteiger partial charge is 0.444 e. The van der Waals surface area contributed by atoms with Crippen molar-refractivity contribution in [2.45, 2.75) is 85.2 Å². The molecule has 0 aromatic carbocycles. The van der Waals surface area contributed by atoms with Gasteiger partial charge in [-0.3, -0.25) is 9.89 Å². The Balaban J connectivity index is 0.00000320. The average molecular weight is 532 g/mol. The lowest BCUT2D eigenvalue weighted by molar-refractivity contribution is 0.166. The fourth-order valence-electron chi connectivity index (χ4n) is 4.57. The van der Waals surface area contributed by atoms with E-state index in [1.807, 2.05) is 13.8 Å². The van der Waals surface area contributed by atoms with E-state index in [1.165, 1.54) is 44.9 Å². The minimum atomic E-state index is 0. The molecular formula is C23H42IN5O. The highest BCUT2D eigenvalue weighted by atomic mass is 127. The molecule has 2 heterocycles. The molecule has 172 valence electrons. The summed E-state index contributed by atoms with van der Waals surface area (Å²) in [4.78, 5) is 11.9. The van der Waals surface area contributed by atoms with Crippen LogP contribution >= 0.6 is 24.0 Å². The number of rotatable bonds is 7. The van der Waals surface area contributed by atoms with Crippen LogP contribution in [0.2, 0.25) is 0 Å². The molecule has 3 rings (SSSR count). The van der Waals surface area contributed by atoms with E-state index in [1.54, 1.807) is 0 Å². The minimum absolute atomic E-state index is 0. The first-order valence-electron chi connectivity index (χ1n) is 11.8. The van der Waals surface area contributed by atoms with E-state index in [4.69, 9.17) is 9.41 Å². The summed E-state index contributed by atoms with van der Waals surface area (Å²) in [5.74, 6) is 4.41. The van der Waals surface area contributed by atoms with E-state index in [0.29, 0.717) is 12.0 Å². The summed E-state index contributed by atoms with van der Waals surface area (Å²) >= 11 is 0. The van der Waals surface area contributed by atoms with Gasteiger partial charge in [0.25, 0.3) is 0 Å². The van der Waals surface area contributed by atoms with Crippen molar-refractivity contribution in [1.82, 2.24) is 20.5 Å². The zero-order valence-corrected chi connectivity index (χ0v) is 21.7. The van der Waals surface area contributed by atoms with Crippen molar-refractivity contribution >= 4 is 29.9 Å². The Hall–Kier alpha value is -0.830. The number of hydrogen-bond acceptors (Lipinski definition) is 4. The second-order valence-electron chi connectivity index (χ2n) is 8.96. The standard InChI is InChI=1S/C23H41N5O.HI/c1-5-19-7-9-21(10-8-19)27-23(24-6-2)25-15-20-11-13-28(14-12-20)16-22-26-17(3)18(4)29-22;/h19-21H,5-16H2,1-4H3,(H2,24,25,27);1H. The number of aliphatic imine (C=N–C) groups is 1. The third-order valence-corrected chi connectivity index (χ3v) is 6.76. The number of piperidine rings is 1. The topological polar surface area (TPSA) is 65.7 Å². The van der Waals surface area contributed by atoms with E-state index in [2.05, 4.69) is 34.4 Å². The first-order chi connectivity index (χ1) is 14.1. The first-order valence-corrected chi connectivity index (χ1v) is 11.8. The van der Waals surface area contributed by atoms with Crippen LogP contribution in [0.4, 0.5) is 0 Å². The predicted octanol–water partition coefficient (Wildman–Crippen LogP) is 4.65. The fourth-order valence-corrected chi connectivity index (χ4v) is 4.57. The van der Waals surface area contributed by atoms with Crippen molar-refractivity contribution in [3.63, 3.8) is 0 Å². The molecule has 2 N–H and O–H groups in total. The molecule has 0 radical (unpaired) electrons. The Labute approximate surface area is 200 Å². The van der Waals surface area contributed by atoms with E-state index in [9.17, 15) is 0 Å². The monoisotopic (exact) mass is 531 g/mol. The average Bonchev–Trinajstić information content (AvgIpc) is 3.05. The lowest BCUT2D eigenvalue weighted by Gasteiger charge is -2.31. The van der Waals surface area contributed by atoms with Gasteiger partial charge in [-0.15, -0.1) is 24.0 Å². The maximum absolute atomic E-state index is 5.74. The number of aryl methyl sites for hydroxylation is 2. The van der Waals surface area contributed by atoms with E-state index >= 15 is 0 Å². The smallest absolute Gasteiger partial charge is 0.208 e. The van der Waals surface area contributed by atoms with Crippen molar-refractivity contribution in [2.24, 2.45) is 16.8 Å².